The first-order chi connectivity index (χ1) is 16.1. The Morgan fingerprint density at radius 1 is 1.09 bits per heavy atom. The van der Waals surface area contributed by atoms with E-state index in [1.54, 1.807) is 12.1 Å². The molecule has 0 aliphatic rings. The molecule has 3 aromatic rings. The maximum absolute atomic E-state index is 13.1. The molecule has 0 saturated carbocycles. The zero-order chi connectivity index (χ0) is 24.9. The predicted octanol–water partition coefficient (Wildman–Crippen LogP) is 3.24. The van der Waals surface area contributed by atoms with E-state index in [-0.39, 0.29) is 30.2 Å². The maximum atomic E-state index is 13.1. The lowest BCUT2D eigenvalue weighted by molar-refractivity contribution is -0.152. The number of aromatic nitrogens is 3. The van der Waals surface area contributed by atoms with Crippen molar-refractivity contribution in [2.24, 2.45) is 0 Å². The monoisotopic (exact) mass is 471 g/mol. The van der Waals surface area contributed by atoms with E-state index < -0.39 is 17.5 Å². The third-order valence-corrected chi connectivity index (χ3v) is 5.00. The number of carbonyl (C=O) groups is 2. The summed E-state index contributed by atoms with van der Waals surface area (Å²) in [6.07, 6.45) is 0.678. The number of carbonyl (C=O) groups excluding carboxylic acids is 1. The van der Waals surface area contributed by atoms with Crippen LogP contribution in [-0.2, 0) is 29.2 Å². The van der Waals surface area contributed by atoms with Crippen LogP contribution in [0.2, 0.25) is 0 Å². The summed E-state index contributed by atoms with van der Waals surface area (Å²) in [6, 6.07) is 11.6. The van der Waals surface area contributed by atoms with Crippen molar-refractivity contribution in [3.63, 3.8) is 0 Å². The lowest BCUT2D eigenvalue weighted by Crippen LogP contribution is -2.37. The summed E-state index contributed by atoms with van der Waals surface area (Å²) in [6.45, 7) is 5.10. The van der Waals surface area contributed by atoms with Crippen molar-refractivity contribution in [3.05, 3.63) is 81.8 Å². The molecule has 0 bridgehead atoms. The molecular weight excluding hydrogens is 445 g/mol. The van der Waals surface area contributed by atoms with Crippen LogP contribution in [0.1, 0.15) is 48.9 Å². The van der Waals surface area contributed by atoms with Crippen LogP contribution in [0.5, 0.6) is 5.75 Å². The first-order valence-corrected chi connectivity index (χ1v) is 10.7. The van der Waals surface area contributed by atoms with Crippen molar-refractivity contribution in [2.45, 2.75) is 52.5 Å². The number of nitrogens with zero attached hydrogens (tertiary/aromatic N) is 3. The molecule has 0 aliphatic carbocycles. The zero-order valence-electron chi connectivity index (χ0n) is 19.2. The van der Waals surface area contributed by atoms with E-state index in [2.05, 4.69) is 5.10 Å². The van der Waals surface area contributed by atoms with Gasteiger partial charge in [-0.1, -0.05) is 19.1 Å². The number of carboxylic acids is 1. The van der Waals surface area contributed by atoms with E-state index in [0.29, 0.717) is 30.1 Å². The summed E-state index contributed by atoms with van der Waals surface area (Å²) >= 11 is 0. The number of rotatable bonds is 10. The molecule has 0 amide bonds. The number of halogens is 1. The Morgan fingerprint density at radius 2 is 1.74 bits per heavy atom. The molecule has 0 fully saturated rings. The van der Waals surface area contributed by atoms with Gasteiger partial charge in [-0.15, -0.1) is 0 Å². The van der Waals surface area contributed by atoms with Crippen LogP contribution in [0.3, 0.4) is 0 Å². The maximum Gasteiger partial charge on any atom is 0.347 e. The SMILES string of the molecule is CCCn1c(COC(=O)c2ccc(OC(C)(C)C(=O)O)cc2)nn(Cc2ccc(F)cc2)c1=O. The summed E-state index contributed by atoms with van der Waals surface area (Å²) in [4.78, 5) is 36.4. The van der Waals surface area contributed by atoms with Crippen molar-refractivity contribution >= 4 is 11.9 Å². The van der Waals surface area contributed by atoms with Crippen LogP contribution in [0.15, 0.2) is 53.3 Å². The van der Waals surface area contributed by atoms with E-state index in [4.69, 9.17) is 14.6 Å². The number of aliphatic carboxylic acids is 1. The number of carboxylic acid groups (broad SMARTS) is 1. The van der Waals surface area contributed by atoms with E-state index in [1.165, 1.54) is 59.5 Å². The Kier molecular flexibility index (Phi) is 7.50. The van der Waals surface area contributed by atoms with E-state index in [1.807, 2.05) is 6.92 Å². The molecule has 34 heavy (non-hydrogen) atoms. The van der Waals surface area contributed by atoms with Gasteiger partial charge in [-0.25, -0.2) is 23.5 Å². The molecular formula is C24H26FN3O6. The molecule has 10 heteroatoms. The van der Waals surface area contributed by atoms with E-state index in [9.17, 15) is 18.8 Å². The summed E-state index contributed by atoms with van der Waals surface area (Å²) in [5, 5.41) is 13.5. The van der Waals surface area contributed by atoms with E-state index in [0.717, 1.165) is 0 Å². The van der Waals surface area contributed by atoms with E-state index >= 15 is 0 Å². The molecule has 0 spiro atoms. The Bertz CT molecular complexity index is 1210. The lowest BCUT2D eigenvalue weighted by atomic mass is 10.1. The minimum atomic E-state index is -1.42. The first kappa shape index (κ1) is 24.7. The fourth-order valence-corrected chi connectivity index (χ4v) is 3.12. The lowest BCUT2D eigenvalue weighted by Gasteiger charge is -2.21. The van der Waals surface area contributed by atoms with Gasteiger partial charge in [0.25, 0.3) is 0 Å². The second-order valence-corrected chi connectivity index (χ2v) is 8.15. The molecule has 1 heterocycles. The number of ether oxygens (including phenoxy) is 2. The summed E-state index contributed by atoms with van der Waals surface area (Å²) in [7, 11) is 0. The molecule has 0 atom stereocenters. The van der Waals surface area contributed by atoms with Gasteiger partial charge in [0, 0.05) is 6.54 Å². The van der Waals surface area contributed by atoms with Crippen LogP contribution in [0.4, 0.5) is 4.39 Å². The second kappa shape index (κ2) is 10.3. The topological polar surface area (TPSA) is 113 Å². The number of esters is 1. The van der Waals surface area contributed by atoms with Gasteiger partial charge < -0.3 is 14.6 Å². The molecule has 0 aliphatic heterocycles. The van der Waals surface area contributed by atoms with Crippen molar-refractivity contribution in [1.29, 1.82) is 0 Å². The van der Waals surface area contributed by atoms with Gasteiger partial charge in [0.2, 0.25) is 0 Å². The highest BCUT2D eigenvalue weighted by atomic mass is 19.1. The fraction of sp³-hybridized carbons (Fsp3) is 0.333. The Hall–Kier alpha value is -3.95. The molecule has 1 N–H and O–H groups in total. The Labute approximate surface area is 195 Å². The van der Waals surface area contributed by atoms with Crippen molar-refractivity contribution < 1.29 is 28.6 Å². The van der Waals surface area contributed by atoms with Crippen LogP contribution >= 0.6 is 0 Å². The minimum Gasteiger partial charge on any atom is -0.478 e. The molecule has 0 unspecified atom stereocenters. The minimum absolute atomic E-state index is 0.158. The molecule has 0 radical (unpaired) electrons. The zero-order valence-corrected chi connectivity index (χ0v) is 19.2. The highest BCUT2D eigenvalue weighted by Gasteiger charge is 2.29. The Balaban J connectivity index is 1.70. The Morgan fingerprint density at radius 3 is 2.32 bits per heavy atom. The summed E-state index contributed by atoms with van der Waals surface area (Å²) in [5.74, 6) is -1.53. The molecule has 9 nitrogen and oxygen atoms in total. The predicted molar refractivity (Wildman–Crippen MR) is 120 cm³/mol. The normalized spacial score (nSPS) is 11.3. The average molecular weight is 471 g/mol. The quantitative estimate of drug-likeness (QED) is 0.452. The third kappa shape index (κ3) is 5.89. The van der Waals surface area contributed by atoms with Crippen LogP contribution < -0.4 is 10.4 Å². The van der Waals surface area contributed by atoms with Gasteiger partial charge in [-0.2, -0.15) is 5.10 Å². The second-order valence-electron chi connectivity index (χ2n) is 8.15. The fourth-order valence-electron chi connectivity index (χ4n) is 3.12. The molecule has 3 rings (SSSR count). The summed E-state index contributed by atoms with van der Waals surface area (Å²) in [5.41, 5.74) is -0.825. The van der Waals surface area contributed by atoms with Gasteiger partial charge in [0.05, 0.1) is 12.1 Å². The molecule has 2 aromatic carbocycles. The molecule has 1 aromatic heterocycles. The third-order valence-electron chi connectivity index (χ3n) is 5.00. The van der Waals surface area contributed by atoms with Crippen LogP contribution in [-0.4, -0.2) is 37.0 Å². The van der Waals surface area contributed by atoms with Gasteiger partial charge in [0.1, 0.15) is 11.6 Å². The van der Waals surface area contributed by atoms with Crippen molar-refractivity contribution in [1.82, 2.24) is 14.3 Å². The van der Waals surface area contributed by atoms with Gasteiger partial charge in [-0.05, 0) is 62.2 Å². The van der Waals surface area contributed by atoms with Gasteiger partial charge in [0.15, 0.2) is 18.0 Å². The van der Waals surface area contributed by atoms with Crippen molar-refractivity contribution in [2.75, 3.05) is 0 Å². The first-order valence-electron chi connectivity index (χ1n) is 10.7. The van der Waals surface area contributed by atoms with Gasteiger partial charge >= 0.3 is 17.6 Å². The number of benzene rings is 2. The smallest absolute Gasteiger partial charge is 0.347 e. The van der Waals surface area contributed by atoms with Crippen LogP contribution in [0, 0.1) is 5.82 Å². The molecule has 0 saturated heterocycles. The molecule has 180 valence electrons. The standard InChI is InChI=1S/C24H26FN3O6/c1-4-13-27-20(26-28(23(27)32)14-16-5-9-18(25)10-6-16)15-33-21(29)17-7-11-19(12-8-17)34-24(2,3)22(30)31/h5-12H,4,13-15H2,1-3H3,(H,30,31). The number of hydrogen-bond acceptors (Lipinski definition) is 6. The van der Waals surface area contributed by atoms with Crippen LogP contribution in [0.25, 0.3) is 0 Å². The highest BCUT2D eigenvalue weighted by molar-refractivity contribution is 5.89. The van der Waals surface area contributed by atoms with Crippen molar-refractivity contribution in [3.8, 4) is 5.75 Å². The highest BCUT2D eigenvalue weighted by Crippen LogP contribution is 2.20. The summed E-state index contributed by atoms with van der Waals surface area (Å²) < 4.78 is 26.6. The van der Waals surface area contributed by atoms with Gasteiger partial charge in [-0.3, -0.25) is 4.57 Å². The number of hydrogen-bond donors (Lipinski definition) is 1. The largest absolute Gasteiger partial charge is 0.478 e. The average Bonchev–Trinajstić information content (AvgIpc) is 3.08.